The fraction of sp³-hybridized carbons (Fsp3) is 0.474. The molecule has 0 aromatic heterocycles. The Balaban J connectivity index is 3.07. The van der Waals surface area contributed by atoms with E-state index >= 15 is 0 Å². The third kappa shape index (κ3) is 5.07. The van der Waals surface area contributed by atoms with E-state index < -0.39 is 18.1 Å². The van der Waals surface area contributed by atoms with Gasteiger partial charge >= 0.3 is 0 Å². The van der Waals surface area contributed by atoms with E-state index in [9.17, 15) is 8.42 Å². The Hall–Kier alpha value is -1.35. The molecule has 1 aromatic carbocycles. The van der Waals surface area contributed by atoms with Gasteiger partial charge in [0.15, 0.2) is 0 Å². The van der Waals surface area contributed by atoms with Crippen LogP contribution in [0.5, 0.6) is 0 Å². The first-order chi connectivity index (χ1) is 11.3. The van der Waals surface area contributed by atoms with Gasteiger partial charge < -0.3 is 0 Å². The van der Waals surface area contributed by atoms with Gasteiger partial charge in [0.1, 0.15) is 8.07 Å². The molecule has 0 spiro atoms. The van der Waals surface area contributed by atoms with Gasteiger partial charge in [-0.05, 0) is 37.2 Å². The summed E-state index contributed by atoms with van der Waals surface area (Å²) >= 11 is 0. The number of rotatable bonds is 8. The molecule has 24 heavy (non-hydrogen) atoms. The Labute approximate surface area is 148 Å². The monoisotopic (exact) mass is 363 g/mol. The number of hydrogen-bond acceptors (Lipinski definition) is 2. The summed E-state index contributed by atoms with van der Waals surface area (Å²) in [5.41, 5.74) is 4.49. The van der Waals surface area contributed by atoms with Crippen LogP contribution < -0.4 is 0 Å². The maximum Gasteiger partial charge on any atom is 0.244 e. The molecule has 1 rings (SSSR count). The maximum atomic E-state index is 12.8. The third-order valence-corrected chi connectivity index (χ3v) is 11.2. The van der Waals surface area contributed by atoms with Gasteiger partial charge in [-0.15, -0.1) is 12.1 Å². The summed E-state index contributed by atoms with van der Waals surface area (Å²) in [6, 6.07) is 10.3. The third-order valence-electron chi connectivity index (χ3n) is 4.63. The highest BCUT2D eigenvalue weighted by molar-refractivity contribution is 7.89. The van der Waals surface area contributed by atoms with E-state index in [0.717, 1.165) is 23.7 Å². The summed E-state index contributed by atoms with van der Waals surface area (Å²) in [5, 5.41) is 0. The number of aryl methyl sites for hydroxylation is 1. The molecule has 0 saturated carbocycles. The Bertz CT molecular complexity index is 687. The summed E-state index contributed by atoms with van der Waals surface area (Å²) in [6.45, 7) is 12.7. The van der Waals surface area contributed by atoms with Crippen LogP contribution in [0.15, 0.2) is 41.8 Å². The zero-order chi connectivity index (χ0) is 18.2. The fourth-order valence-electron chi connectivity index (χ4n) is 2.58. The molecule has 0 aliphatic heterocycles. The smallest absolute Gasteiger partial charge is 0.207 e. The average Bonchev–Trinajstić information content (AvgIpc) is 2.58. The van der Waals surface area contributed by atoms with Crippen molar-refractivity contribution in [2.75, 3.05) is 13.1 Å². The molecular weight excluding hydrogens is 334 g/mol. The van der Waals surface area contributed by atoms with E-state index in [2.05, 4.69) is 38.8 Å². The molecule has 1 aromatic rings. The molecule has 0 heterocycles. The standard InChI is InChI=1S/C19H29NO2SSi/c1-6-15-20(16-10-17-24(7-2,8-3)9-4)23(21,22)19-13-11-18(5)12-14-19/h6,11-14H,1,7-9,15-16H2,2-5H3. The number of nitrogens with zero attached hydrogens (tertiary/aromatic N) is 1. The largest absolute Gasteiger partial charge is 0.244 e. The van der Waals surface area contributed by atoms with Crippen molar-refractivity contribution in [3.05, 3.63) is 42.5 Å². The lowest BCUT2D eigenvalue weighted by molar-refractivity contribution is 0.478. The van der Waals surface area contributed by atoms with Gasteiger partial charge in [-0.2, -0.15) is 4.31 Å². The second kappa shape index (κ2) is 9.21. The van der Waals surface area contributed by atoms with E-state index in [0.29, 0.717) is 4.90 Å². The molecule has 0 unspecified atom stereocenters. The summed E-state index contributed by atoms with van der Waals surface area (Å²) in [5.74, 6) is 3.16. The highest BCUT2D eigenvalue weighted by Gasteiger charge is 2.25. The van der Waals surface area contributed by atoms with Crippen LogP contribution in [0.2, 0.25) is 18.1 Å². The maximum absolute atomic E-state index is 12.8. The van der Waals surface area contributed by atoms with Gasteiger partial charge in [0, 0.05) is 6.54 Å². The summed E-state index contributed by atoms with van der Waals surface area (Å²) in [4.78, 5) is 0.307. The van der Waals surface area contributed by atoms with Crippen LogP contribution in [-0.4, -0.2) is 33.9 Å². The quantitative estimate of drug-likeness (QED) is 0.394. The molecule has 132 valence electrons. The van der Waals surface area contributed by atoms with Crippen LogP contribution in [-0.2, 0) is 10.0 Å². The molecule has 0 aliphatic carbocycles. The van der Waals surface area contributed by atoms with Crippen molar-refractivity contribution < 1.29 is 8.42 Å². The van der Waals surface area contributed by atoms with Crippen molar-refractivity contribution in [1.29, 1.82) is 0 Å². The number of sulfonamides is 1. The van der Waals surface area contributed by atoms with Crippen LogP contribution in [0.25, 0.3) is 0 Å². The van der Waals surface area contributed by atoms with Crippen molar-refractivity contribution in [2.24, 2.45) is 0 Å². The van der Waals surface area contributed by atoms with Gasteiger partial charge in [0.05, 0.1) is 11.4 Å². The van der Waals surface area contributed by atoms with E-state index in [1.165, 1.54) is 4.31 Å². The molecule has 0 atom stereocenters. The minimum Gasteiger partial charge on any atom is -0.207 e. The number of benzene rings is 1. The summed E-state index contributed by atoms with van der Waals surface area (Å²) < 4.78 is 27.0. The van der Waals surface area contributed by atoms with Crippen molar-refractivity contribution in [2.45, 2.75) is 50.7 Å². The average molecular weight is 364 g/mol. The Morgan fingerprint density at radius 2 is 1.67 bits per heavy atom. The zero-order valence-corrected chi connectivity index (χ0v) is 17.1. The SMILES string of the molecule is C=CCN(CC#C[Si](CC)(CC)CC)S(=O)(=O)c1ccc(C)cc1. The molecule has 0 amide bonds. The summed E-state index contributed by atoms with van der Waals surface area (Å²) in [6.07, 6.45) is 1.61. The van der Waals surface area contributed by atoms with Crippen LogP contribution in [0.3, 0.4) is 0 Å². The molecule has 3 nitrogen and oxygen atoms in total. The first-order valence-electron chi connectivity index (χ1n) is 8.53. The first-order valence-corrected chi connectivity index (χ1v) is 12.6. The minimum absolute atomic E-state index is 0.219. The van der Waals surface area contributed by atoms with Gasteiger partial charge in [-0.1, -0.05) is 50.5 Å². The second-order valence-electron chi connectivity index (χ2n) is 6.04. The van der Waals surface area contributed by atoms with Crippen molar-refractivity contribution in [1.82, 2.24) is 4.31 Å². The molecule has 0 bridgehead atoms. The second-order valence-corrected chi connectivity index (χ2v) is 12.9. The Morgan fingerprint density at radius 3 is 2.12 bits per heavy atom. The van der Waals surface area contributed by atoms with Gasteiger partial charge in [-0.3, -0.25) is 0 Å². The highest BCUT2D eigenvalue weighted by Crippen LogP contribution is 2.19. The normalized spacial score (nSPS) is 11.9. The molecular formula is C19H29NO2SSi. The highest BCUT2D eigenvalue weighted by atomic mass is 32.2. The van der Waals surface area contributed by atoms with Crippen LogP contribution in [0, 0.1) is 18.4 Å². The van der Waals surface area contributed by atoms with E-state index in [1.807, 2.05) is 19.1 Å². The van der Waals surface area contributed by atoms with E-state index in [-0.39, 0.29) is 13.1 Å². The predicted molar refractivity (Wildman–Crippen MR) is 105 cm³/mol. The van der Waals surface area contributed by atoms with Crippen molar-refractivity contribution in [3.63, 3.8) is 0 Å². The van der Waals surface area contributed by atoms with Crippen molar-refractivity contribution >= 4 is 18.1 Å². The van der Waals surface area contributed by atoms with Crippen LogP contribution >= 0.6 is 0 Å². The predicted octanol–water partition coefficient (Wildman–Crippen LogP) is 4.22. The molecule has 0 aliphatic rings. The summed E-state index contributed by atoms with van der Waals surface area (Å²) in [7, 11) is -5.10. The number of hydrogen-bond donors (Lipinski definition) is 0. The van der Waals surface area contributed by atoms with Gasteiger partial charge in [0.2, 0.25) is 10.0 Å². The van der Waals surface area contributed by atoms with Gasteiger partial charge in [0.25, 0.3) is 0 Å². The van der Waals surface area contributed by atoms with Crippen molar-refractivity contribution in [3.8, 4) is 11.5 Å². The van der Waals surface area contributed by atoms with E-state index in [4.69, 9.17) is 0 Å². The van der Waals surface area contributed by atoms with Crippen LogP contribution in [0.1, 0.15) is 26.3 Å². The van der Waals surface area contributed by atoms with E-state index in [1.54, 1.807) is 18.2 Å². The van der Waals surface area contributed by atoms with Crippen LogP contribution in [0.4, 0.5) is 0 Å². The lowest BCUT2D eigenvalue weighted by Crippen LogP contribution is -2.33. The topological polar surface area (TPSA) is 37.4 Å². The molecule has 0 saturated heterocycles. The minimum atomic E-state index is -3.54. The lowest BCUT2D eigenvalue weighted by atomic mass is 10.2. The Kier molecular flexibility index (Phi) is 7.94. The Morgan fingerprint density at radius 1 is 1.12 bits per heavy atom. The zero-order valence-electron chi connectivity index (χ0n) is 15.3. The molecule has 0 fully saturated rings. The molecule has 0 radical (unpaired) electrons. The molecule has 0 N–H and O–H groups in total. The first kappa shape index (κ1) is 20.7. The fourth-order valence-corrected chi connectivity index (χ4v) is 6.38. The molecule has 5 heteroatoms. The van der Waals surface area contributed by atoms with Gasteiger partial charge in [-0.25, -0.2) is 8.42 Å². The lowest BCUT2D eigenvalue weighted by Gasteiger charge is -2.21.